The van der Waals surface area contributed by atoms with E-state index in [9.17, 15) is 43.2 Å². The zero-order valence-electron chi connectivity index (χ0n) is 61.5. The van der Waals surface area contributed by atoms with Crippen LogP contribution in [0.1, 0.15) is 369 Å². The Morgan fingerprint density at radius 2 is 0.568 bits per heavy atom. The van der Waals surface area contributed by atoms with Gasteiger partial charge in [0.1, 0.15) is 19.3 Å². The van der Waals surface area contributed by atoms with Gasteiger partial charge in [-0.3, -0.25) is 37.3 Å². The normalized spacial score (nSPS) is 14.2. The van der Waals surface area contributed by atoms with E-state index in [4.69, 9.17) is 37.0 Å². The summed E-state index contributed by atoms with van der Waals surface area (Å²) in [7, 11) is -9.92. The minimum atomic E-state index is -4.96. The first kappa shape index (κ1) is 92.5. The fourth-order valence-electron chi connectivity index (χ4n) is 11.1. The van der Waals surface area contributed by atoms with E-state index in [0.717, 1.165) is 121 Å². The number of allylic oxidation sites excluding steroid dienone is 4. The van der Waals surface area contributed by atoms with Gasteiger partial charge in [-0.25, -0.2) is 9.13 Å². The fourth-order valence-corrected chi connectivity index (χ4v) is 12.7. The molecule has 95 heavy (non-hydrogen) atoms. The molecule has 0 aliphatic carbocycles. The molecule has 5 atom stereocenters. The zero-order chi connectivity index (χ0) is 70.0. The van der Waals surface area contributed by atoms with Gasteiger partial charge < -0.3 is 33.8 Å². The number of carbonyl (C=O) groups is 4. The van der Waals surface area contributed by atoms with Crippen LogP contribution in [0.25, 0.3) is 0 Å². The van der Waals surface area contributed by atoms with E-state index in [1.807, 2.05) is 0 Å². The summed E-state index contributed by atoms with van der Waals surface area (Å²) in [5, 5.41) is 10.6. The number of phosphoric acid groups is 2. The quantitative estimate of drug-likeness (QED) is 0.0169. The molecule has 0 aromatic rings. The van der Waals surface area contributed by atoms with Gasteiger partial charge in [0.05, 0.1) is 26.4 Å². The van der Waals surface area contributed by atoms with Gasteiger partial charge in [0.2, 0.25) is 0 Å². The first-order valence-corrected chi connectivity index (χ1v) is 41.8. The summed E-state index contributed by atoms with van der Waals surface area (Å²) in [4.78, 5) is 72.8. The third-order valence-electron chi connectivity index (χ3n) is 17.1. The molecule has 0 fully saturated rings. The number of hydrogen-bond acceptors (Lipinski definition) is 15. The van der Waals surface area contributed by atoms with Crippen LogP contribution in [0.15, 0.2) is 24.3 Å². The van der Waals surface area contributed by atoms with Crippen LogP contribution in [0.2, 0.25) is 0 Å². The second-order valence-corrected chi connectivity index (χ2v) is 30.6. The van der Waals surface area contributed by atoms with Gasteiger partial charge in [0.15, 0.2) is 12.2 Å². The lowest BCUT2D eigenvalue weighted by Gasteiger charge is -2.21. The minimum absolute atomic E-state index is 0.101. The van der Waals surface area contributed by atoms with Crippen molar-refractivity contribution in [2.24, 2.45) is 11.8 Å². The molecule has 17 nitrogen and oxygen atoms in total. The van der Waals surface area contributed by atoms with Crippen molar-refractivity contribution in [3.63, 3.8) is 0 Å². The van der Waals surface area contributed by atoms with Crippen molar-refractivity contribution in [1.29, 1.82) is 0 Å². The molecule has 0 saturated heterocycles. The second-order valence-electron chi connectivity index (χ2n) is 27.7. The zero-order valence-corrected chi connectivity index (χ0v) is 63.2. The molecule has 2 unspecified atom stereocenters. The van der Waals surface area contributed by atoms with Crippen LogP contribution in [0, 0.1) is 11.8 Å². The van der Waals surface area contributed by atoms with Gasteiger partial charge in [-0.1, -0.05) is 316 Å². The van der Waals surface area contributed by atoms with Gasteiger partial charge in [-0.2, -0.15) is 0 Å². The number of carbonyl (C=O) groups excluding carboxylic acids is 4. The lowest BCUT2D eigenvalue weighted by Crippen LogP contribution is -2.30. The van der Waals surface area contributed by atoms with E-state index in [1.54, 1.807) is 0 Å². The highest BCUT2D eigenvalue weighted by molar-refractivity contribution is 7.47. The lowest BCUT2D eigenvalue weighted by atomic mass is 10.0. The van der Waals surface area contributed by atoms with Gasteiger partial charge >= 0.3 is 39.5 Å². The molecule has 0 aliphatic heterocycles. The summed E-state index contributed by atoms with van der Waals surface area (Å²) in [6, 6.07) is 0. The Balaban J connectivity index is 5.29. The lowest BCUT2D eigenvalue weighted by molar-refractivity contribution is -0.161. The predicted octanol–water partition coefficient (Wildman–Crippen LogP) is 21.9. The molecule has 0 aromatic heterocycles. The number of unbranched alkanes of at least 4 members (excludes halogenated alkanes) is 40. The number of rotatable bonds is 73. The molecular weight excluding hydrogens is 1250 g/mol. The SMILES string of the molecule is CCCCCC/C=C\C=C/CCCCCCCC(=O)OC[C@H](COP(=O)(O)OC[C@@H](O)COP(=O)(O)OC[C@@H](COC(=O)CCCCCCCCCC(C)C)OC(=O)CCCCCCCCCCCCCC(C)C)OC(=O)CCCCCCCCCCCCCCCCCC. The van der Waals surface area contributed by atoms with E-state index in [-0.39, 0.29) is 25.7 Å². The smallest absolute Gasteiger partial charge is 0.462 e. The summed E-state index contributed by atoms with van der Waals surface area (Å²) in [5.41, 5.74) is 0. The maximum absolute atomic E-state index is 13.1. The van der Waals surface area contributed by atoms with E-state index in [2.05, 4.69) is 65.8 Å². The number of phosphoric ester groups is 2. The molecule has 0 saturated carbocycles. The third kappa shape index (κ3) is 69.8. The molecule has 560 valence electrons. The molecule has 0 heterocycles. The Kier molecular flexibility index (Phi) is 65.6. The van der Waals surface area contributed by atoms with Crippen molar-refractivity contribution in [3.05, 3.63) is 24.3 Å². The van der Waals surface area contributed by atoms with Gasteiger partial charge in [-0.05, 0) is 63.2 Å². The highest BCUT2D eigenvalue weighted by atomic mass is 31.2. The number of ether oxygens (including phenoxy) is 4. The van der Waals surface area contributed by atoms with E-state index in [0.29, 0.717) is 31.6 Å². The summed E-state index contributed by atoms with van der Waals surface area (Å²) in [6.07, 6.45) is 57.7. The first-order chi connectivity index (χ1) is 45.9. The molecular formula is C76H144O17P2. The predicted molar refractivity (Wildman–Crippen MR) is 386 cm³/mol. The van der Waals surface area contributed by atoms with Crippen LogP contribution >= 0.6 is 15.6 Å². The fraction of sp³-hybridized carbons (Fsp3) is 0.895. The average Bonchev–Trinajstić information content (AvgIpc) is 1.56. The van der Waals surface area contributed by atoms with Crippen LogP contribution in [0.4, 0.5) is 0 Å². The molecule has 19 heteroatoms. The van der Waals surface area contributed by atoms with Crippen LogP contribution in [0.5, 0.6) is 0 Å². The number of hydrogen-bond donors (Lipinski definition) is 3. The molecule has 0 spiro atoms. The standard InChI is InChI=1S/C76H144O17P2/c1-7-9-11-13-15-17-19-21-23-25-27-31-35-41-48-54-60-75(80)92-71(64-86-73(78)58-52-46-40-34-30-26-24-22-20-18-16-14-12-10-8-2)66-90-94(82,83)88-62-70(77)63-89-95(84,85)91-67-72(65-87-74(79)59-53-47-43-37-39-45-51-57-69(5)6)93-76(81)61-55-49-42-36-32-28-29-33-38-44-50-56-68(3)4/h18,20,22,24,68-72,77H,7-17,19,21,23,25-67H2,1-6H3,(H,82,83)(H,84,85)/b20-18-,24-22-/t70-,71-,72-/m1/s1. The largest absolute Gasteiger partial charge is 0.472 e. The average molecular weight is 1390 g/mol. The van der Waals surface area contributed by atoms with Crippen LogP contribution in [-0.4, -0.2) is 96.7 Å². The molecule has 0 aromatic carbocycles. The maximum Gasteiger partial charge on any atom is 0.472 e. The van der Waals surface area contributed by atoms with Crippen molar-refractivity contribution >= 4 is 39.5 Å². The topological polar surface area (TPSA) is 237 Å². The highest BCUT2D eigenvalue weighted by Crippen LogP contribution is 2.45. The van der Waals surface area contributed by atoms with E-state index < -0.39 is 97.5 Å². The Morgan fingerprint density at radius 3 is 0.863 bits per heavy atom. The van der Waals surface area contributed by atoms with Crippen LogP contribution < -0.4 is 0 Å². The Bertz CT molecular complexity index is 1930. The van der Waals surface area contributed by atoms with Crippen molar-refractivity contribution in [2.45, 2.75) is 387 Å². The second kappa shape index (κ2) is 67.4. The molecule has 0 radical (unpaired) electrons. The van der Waals surface area contributed by atoms with Crippen LogP contribution in [-0.2, 0) is 65.4 Å². The van der Waals surface area contributed by atoms with Crippen molar-refractivity contribution < 1.29 is 80.2 Å². The maximum atomic E-state index is 13.1. The minimum Gasteiger partial charge on any atom is -0.462 e. The number of esters is 4. The Labute approximate surface area is 580 Å². The van der Waals surface area contributed by atoms with Gasteiger partial charge in [0, 0.05) is 25.7 Å². The van der Waals surface area contributed by atoms with E-state index >= 15 is 0 Å². The Morgan fingerprint density at radius 1 is 0.326 bits per heavy atom. The summed E-state index contributed by atoms with van der Waals surface area (Å²) in [6.45, 7) is 9.47. The van der Waals surface area contributed by atoms with Crippen LogP contribution in [0.3, 0.4) is 0 Å². The van der Waals surface area contributed by atoms with Gasteiger partial charge in [0.25, 0.3) is 0 Å². The summed E-state index contributed by atoms with van der Waals surface area (Å²) < 4.78 is 68.5. The van der Waals surface area contributed by atoms with Crippen molar-refractivity contribution in [1.82, 2.24) is 0 Å². The van der Waals surface area contributed by atoms with Gasteiger partial charge in [-0.15, -0.1) is 0 Å². The van der Waals surface area contributed by atoms with Crippen molar-refractivity contribution in [2.75, 3.05) is 39.6 Å². The molecule has 0 aliphatic rings. The van der Waals surface area contributed by atoms with Crippen molar-refractivity contribution in [3.8, 4) is 0 Å². The number of aliphatic hydroxyl groups excluding tert-OH is 1. The number of aliphatic hydroxyl groups is 1. The van der Waals surface area contributed by atoms with E-state index in [1.165, 1.54) is 161 Å². The molecule has 0 bridgehead atoms. The third-order valence-corrected chi connectivity index (χ3v) is 19.0. The molecule has 3 N–H and O–H groups in total. The molecule has 0 amide bonds. The Hall–Kier alpha value is -2.46. The molecule has 0 rings (SSSR count). The highest BCUT2D eigenvalue weighted by Gasteiger charge is 2.30. The summed E-state index contributed by atoms with van der Waals surface area (Å²) >= 11 is 0. The first-order valence-electron chi connectivity index (χ1n) is 38.8. The summed E-state index contributed by atoms with van der Waals surface area (Å²) in [5.74, 6) is -0.679. The monoisotopic (exact) mass is 1390 g/mol.